The van der Waals surface area contributed by atoms with Gasteiger partial charge in [0.25, 0.3) is 5.56 Å². The largest absolute Gasteiger partial charge is 0.366 e. The van der Waals surface area contributed by atoms with Crippen molar-refractivity contribution in [3.8, 4) is 10.6 Å². The summed E-state index contributed by atoms with van der Waals surface area (Å²) < 4.78 is 1.57. The van der Waals surface area contributed by atoms with E-state index in [1.165, 1.54) is 23.1 Å². The molecule has 1 amide bonds. The number of para-hydroxylation sites is 1. The molecular formula is C20H16N4O2S2. The number of thiazole rings is 1. The lowest BCUT2D eigenvalue weighted by Crippen LogP contribution is -2.19. The third-order valence-electron chi connectivity index (χ3n) is 4.26. The molecule has 2 aromatic carbocycles. The highest BCUT2D eigenvalue weighted by molar-refractivity contribution is 7.98. The van der Waals surface area contributed by atoms with E-state index in [1.54, 1.807) is 29.8 Å². The molecule has 0 fully saturated rings. The zero-order valence-electron chi connectivity index (χ0n) is 15.0. The van der Waals surface area contributed by atoms with Gasteiger partial charge in [-0.05, 0) is 24.3 Å². The van der Waals surface area contributed by atoms with Gasteiger partial charge in [0, 0.05) is 29.3 Å². The lowest BCUT2D eigenvalue weighted by atomic mass is 10.1. The number of primary amides is 1. The summed E-state index contributed by atoms with van der Waals surface area (Å²) in [6.45, 7) is 0. The van der Waals surface area contributed by atoms with Gasteiger partial charge in [-0.1, -0.05) is 36.0 Å². The monoisotopic (exact) mass is 408 g/mol. The van der Waals surface area contributed by atoms with Crippen molar-refractivity contribution >= 4 is 39.9 Å². The molecule has 0 radical (unpaired) electrons. The van der Waals surface area contributed by atoms with Crippen LogP contribution < -0.4 is 11.3 Å². The summed E-state index contributed by atoms with van der Waals surface area (Å²) in [7, 11) is 1.73. The van der Waals surface area contributed by atoms with Crippen LogP contribution in [0.4, 0.5) is 0 Å². The molecule has 0 saturated carbocycles. The Labute approximate surface area is 169 Å². The van der Waals surface area contributed by atoms with Crippen LogP contribution in [0.15, 0.2) is 63.9 Å². The third-order valence-corrected chi connectivity index (χ3v) is 6.26. The first-order valence-electron chi connectivity index (χ1n) is 8.46. The van der Waals surface area contributed by atoms with Crippen LogP contribution in [0.5, 0.6) is 0 Å². The molecule has 4 aromatic rings. The van der Waals surface area contributed by atoms with Crippen molar-refractivity contribution in [3.63, 3.8) is 0 Å². The fourth-order valence-corrected chi connectivity index (χ4v) is 4.54. The first kappa shape index (κ1) is 18.4. The molecule has 2 heterocycles. The van der Waals surface area contributed by atoms with E-state index in [-0.39, 0.29) is 5.56 Å². The predicted molar refractivity (Wildman–Crippen MR) is 113 cm³/mol. The van der Waals surface area contributed by atoms with Crippen molar-refractivity contribution in [2.45, 2.75) is 10.9 Å². The molecule has 2 N–H and O–H groups in total. The highest BCUT2D eigenvalue weighted by Crippen LogP contribution is 2.27. The van der Waals surface area contributed by atoms with Gasteiger partial charge >= 0.3 is 0 Å². The Morgan fingerprint density at radius 3 is 2.64 bits per heavy atom. The summed E-state index contributed by atoms with van der Waals surface area (Å²) in [4.78, 5) is 32.9. The minimum absolute atomic E-state index is 0.0541. The number of hydrogen-bond donors (Lipinski definition) is 1. The normalized spacial score (nSPS) is 11.0. The second kappa shape index (κ2) is 7.57. The molecule has 4 rings (SSSR count). The molecule has 0 aliphatic rings. The maximum atomic E-state index is 12.5. The average Bonchev–Trinajstić information content (AvgIpc) is 3.19. The zero-order valence-corrected chi connectivity index (χ0v) is 16.6. The summed E-state index contributed by atoms with van der Waals surface area (Å²) in [5.41, 5.74) is 8.23. The molecule has 6 nitrogen and oxygen atoms in total. The number of benzene rings is 2. The minimum atomic E-state index is -0.448. The summed E-state index contributed by atoms with van der Waals surface area (Å²) in [6.07, 6.45) is 0. The Morgan fingerprint density at radius 1 is 1.14 bits per heavy atom. The summed E-state index contributed by atoms with van der Waals surface area (Å²) >= 11 is 3.01. The van der Waals surface area contributed by atoms with Gasteiger partial charge in [0.2, 0.25) is 5.91 Å². The lowest BCUT2D eigenvalue weighted by molar-refractivity contribution is 0.100. The molecule has 0 unspecified atom stereocenters. The predicted octanol–water partition coefficient (Wildman–Crippen LogP) is 3.45. The van der Waals surface area contributed by atoms with Crippen molar-refractivity contribution in [2.24, 2.45) is 12.8 Å². The smallest absolute Gasteiger partial charge is 0.261 e. The average molecular weight is 409 g/mol. The van der Waals surface area contributed by atoms with Gasteiger partial charge in [0.05, 0.1) is 16.6 Å². The first-order valence-corrected chi connectivity index (χ1v) is 10.3. The van der Waals surface area contributed by atoms with Crippen LogP contribution >= 0.6 is 23.1 Å². The summed E-state index contributed by atoms with van der Waals surface area (Å²) in [5, 5.41) is 4.13. The highest BCUT2D eigenvalue weighted by atomic mass is 32.2. The molecule has 8 heteroatoms. The van der Waals surface area contributed by atoms with E-state index < -0.39 is 5.91 Å². The Balaban J connectivity index is 1.54. The van der Waals surface area contributed by atoms with Crippen LogP contribution in [-0.4, -0.2) is 20.4 Å². The number of hydrogen-bond acceptors (Lipinski definition) is 6. The SMILES string of the molecule is Cn1c(SCc2csc(-c3ccc(C(N)=O)cc3)n2)nc2ccccc2c1=O. The van der Waals surface area contributed by atoms with Crippen molar-refractivity contribution in [1.29, 1.82) is 0 Å². The quantitative estimate of drug-likeness (QED) is 0.403. The van der Waals surface area contributed by atoms with Gasteiger partial charge in [-0.15, -0.1) is 11.3 Å². The van der Waals surface area contributed by atoms with Crippen LogP contribution in [0, 0.1) is 0 Å². The van der Waals surface area contributed by atoms with Gasteiger partial charge in [0.15, 0.2) is 5.16 Å². The number of amides is 1. The molecule has 2 aromatic heterocycles. The molecular weight excluding hydrogens is 392 g/mol. The maximum Gasteiger partial charge on any atom is 0.261 e. The van der Waals surface area contributed by atoms with Crippen molar-refractivity contribution in [3.05, 3.63) is 75.5 Å². The number of nitrogens with two attached hydrogens (primary N) is 1. The number of fused-ring (bicyclic) bond motifs is 1. The fraction of sp³-hybridized carbons (Fsp3) is 0.100. The molecule has 0 saturated heterocycles. The molecule has 0 aliphatic carbocycles. The van der Waals surface area contributed by atoms with Crippen LogP contribution in [0.3, 0.4) is 0 Å². The van der Waals surface area contributed by atoms with E-state index in [2.05, 4.69) is 9.97 Å². The summed E-state index contributed by atoms with van der Waals surface area (Å²) in [6, 6.07) is 14.4. The molecule has 140 valence electrons. The van der Waals surface area contributed by atoms with E-state index in [1.807, 2.05) is 35.7 Å². The molecule has 0 bridgehead atoms. The molecule has 0 atom stereocenters. The van der Waals surface area contributed by atoms with Crippen molar-refractivity contribution in [2.75, 3.05) is 0 Å². The second-order valence-corrected chi connectivity index (χ2v) is 7.95. The minimum Gasteiger partial charge on any atom is -0.366 e. The Hall–Kier alpha value is -2.97. The van der Waals surface area contributed by atoms with Crippen LogP contribution in [0.25, 0.3) is 21.5 Å². The molecule has 28 heavy (non-hydrogen) atoms. The Bertz CT molecular complexity index is 1230. The molecule has 0 spiro atoms. The molecule has 0 aliphatic heterocycles. The van der Waals surface area contributed by atoms with E-state index in [4.69, 9.17) is 5.73 Å². The van der Waals surface area contributed by atoms with E-state index in [9.17, 15) is 9.59 Å². The number of nitrogens with zero attached hydrogens (tertiary/aromatic N) is 3. The standard InChI is InChI=1S/C20H16N4O2S2/c1-24-19(26)15-4-2-3-5-16(15)23-20(24)28-11-14-10-27-18(22-14)13-8-6-12(7-9-13)17(21)25/h2-10H,11H2,1H3,(H2,21,25). The van der Waals surface area contributed by atoms with Crippen molar-refractivity contribution < 1.29 is 4.79 Å². The maximum absolute atomic E-state index is 12.5. The van der Waals surface area contributed by atoms with E-state index in [0.717, 1.165) is 16.3 Å². The first-order chi connectivity index (χ1) is 13.5. The van der Waals surface area contributed by atoms with Gasteiger partial charge in [-0.25, -0.2) is 9.97 Å². The topological polar surface area (TPSA) is 90.9 Å². The van der Waals surface area contributed by atoms with E-state index in [0.29, 0.717) is 27.4 Å². The lowest BCUT2D eigenvalue weighted by Gasteiger charge is -2.07. The number of aromatic nitrogens is 3. The van der Waals surface area contributed by atoms with Gasteiger partial charge in [-0.3, -0.25) is 14.2 Å². The van der Waals surface area contributed by atoms with Crippen LogP contribution in [-0.2, 0) is 12.8 Å². The number of rotatable bonds is 5. The van der Waals surface area contributed by atoms with Gasteiger partial charge in [-0.2, -0.15) is 0 Å². The third kappa shape index (κ3) is 3.56. The summed E-state index contributed by atoms with van der Waals surface area (Å²) in [5.74, 6) is 0.158. The van der Waals surface area contributed by atoms with Crippen LogP contribution in [0.2, 0.25) is 0 Å². The van der Waals surface area contributed by atoms with Crippen molar-refractivity contribution in [1.82, 2.24) is 14.5 Å². The zero-order chi connectivity index (χ0) is 19.7. The van der Waals surface area contributed by atoms with Gasteiger partial charge in [0.1, 0.15) is 5.01 Å². The highest BCUT2D eigenvalue weighted by Gasteiger charge is 2.11. The Kier molecular flexibility index (Phi) is 4.97. The number of carbonyl (C=O) groups excluding carboxylic acids is 1. The van der Waals surface area contributed by atoms with E-state index >= 15 is 0 Å². The Morgan fingerprint density at radius 2 is 1.89 bits per heavy atom. The van der Waals surface area contributed by atoms with Crippen LogP contribution in [0.1, 0.15) is 16.1 Å². The second-order valence-electron chi connectivity index (χ2n) is 6.15. The van der Waals surface area contributed by atoms with Gasteiger partial charge < -0.3 is 5.73 Å². The fourth-order valence-electron chi connectivity index (χ4n) is 2.75. The number of carbonyl (C=O) groups is 1. The number of thioether (sulfide) groups is 1.